The van der Waals surface area contributed by atoms with E-state index in [1.807, 2.05) is 30.3 Å². The summed E-state index contributed by atoms with van der Waals surface area (Å²) in [4.78, 5) is 28.7. The van der Waals surface area contributed by atoms with Crippen LogP contribution < -0.4 is 10.6 Å². The quantitative estimate of drug-likeness (QED) is 0.462. The molecule has 5 nitrogen and oxygen atoms in total. The summed E-state index contributed by atoms with van der Waals surface area (Å²) in [6, 6.07) is 8.13. The monoisotopic (exact) mass is 443 g/mol. The highest BCUT2D eigenvalue weighted by atomic mass is 32.2. The number of rotatable bonds is 8. The first-order valence-electron chi connectivity index (χ1n) is 11.8. The van der Waals surface area contributed by atoms with E-state index >= 15 is 0 Å². The fourth-order valence-electron chi connectivity index (χ4n) is 4.50. The molecule has 1 saturated carbocycles. The molecule has 0 radical (unpaired) electrons. The van der Waals surface area contributed by atoms with Crippen LogP contribution in [0.3, 0.4) is 0 Å². The highest BCUT2D eigenvalue weighted by Crippen LogP contribution is 2.24. The maximum Gasteiger partial charge on any atom is 0.252 e. The van der Waals surface area contributed by atoms with Crippen LogP contribution in [-0.2, 0) is 4.79 Å². The minimum absolute atomic E-state index is 0.0364. The zero-order valence-corrected chi connectivity index (χ0v) is 19.4. The Bertz CT molecular complexity index is 723. The van der Waals surface area contributed by atoms with Crippen molar-refractivity contribution in [3.05, 3.63) is 42.5 Å². The number of hydrogen-bond acceptors (Lipinski definition) is 4. The fourth-order valence-corrected chi connectivity index (χ4v) is 5.36. The number of piperidine rings is 1. The van der Waals surface area contributed by atoms with E-state index in [-0.39, 0.29) is 17.9 Å². The highest BCUT2D eigenvalue weighted by molar-refractivity contribution is 8.00. The molecule has 31 heavy (non-hydrogen) atoms. The van der Waals surface area contributed by atoms with Gasteiger partial charge in [-0.25, -0.2) is 0 Å². The van der Waals surface area contributed by atoms with Crippen LogP contribution in [0, 0.1) is 0 Å². The Hall–Kier alpha value is -1.79. The lowest BCUT2D eigenvalue weighted by Gasteiger charge is -2.31. The van der Waals surface area contributed by atoms with Gasteiger partial charge in [-0.1, -0.05) is 50.3 Å². The largest absolute Gasteiger partial charge is 0.353 e. The zero-order valence-electron chi connectivity index (χ0n) is 18.6. The molecule has 6 heteroatoms. The van der Waals surface area contributed by atoms with Crippen molar-refractivity contribution in [3.8, 4) is 0 Å². The minimum atomic E-state index is -0.0364. The SMILES string of the molecule is C=CCN1CCC(NC(=O)c2ccccc2SCC(=O)NC2CCCCCCC2)CC1. The van der Waals surface area contributed by atoms with Crippen molar-refractivity contribution in [2.75, 3.05) is 25.4 Å². The highest BCUT2D eigenvalue weighted by Gasteiger charge is 2.22. The Morgan fingerprint density at radius 2 is 1.61 bits per heavy atom. The summed E-state index contributed by atoms with van der Waals surface area (Å²) in [7, 11) is 0. The lowest BCUT2D eigenvalue weighted by atomic mass is 9.97. The van der Waals surface area contributed by atoms with Crippen LogP contribution in [0.2, 0.25) is 0 Å². The second-order valence-corrected chi connectivity index (χ2v) is 9.75. The van der Waals surface area contributed by atoms with Crippen molar-refractivity contribution in [1.29, 1.82) is 0 Å². The molecule has 2 aliphatic rings. The van der Waals surface area contributed by atoms with Crippen LogP contribution in [0.25, 0.3) is 0 Å². The summed E-state index contributed by atoms with van der Waals surface area (Å²) < 4.78 is 0. The number of likely N-dealkylation sites (tertiary alicyclic amines) is 1. The van der Waals surface area contributed by atoms with Gasteiger partial charge < -0.3 is 10.6 Å². The molecule has 2 N–H and O–H groups in total. The average Bonchev–Trinajstić information content (AvgIpc) is 2.76. The summed E-state index contributed by atoms with van der Waals surface area (Å²) in [5.74, 6) is 0.381. The molecule has 1 saturated heterocycles. The van der Waals surface area contributed by atoms with E-state index < -0.39 is 0 Å². The molecular formula is C25H37N3O2S. The Labute approximate surface area is 191 Å². The number of nitrogens with zero attached hydrogens (tertiary/aromatic N) is 1. The number of hydrogen-bond donors (Lipinski definition) is 2. The molecule has 0 aromatic heterocycles. The summed E-state index contributed by atoms with van der Waals surface area (Å²) in [6.07, 6.45) is 12.3. The van der Waals surface area contributed by atoms with Gasteiger partial charge in [0, 0.05) is 36.6 Å². The molecule has 1 aliphatic heterocycles. The summed E-state index contributed by atoms with van der Waals surface area (Å²) in [6.45, 7) is 6.67. The van der Waals surface area contributed by atoms with E-state index in [0.717, 1.165) is 50.2 Å². The molecule has 0 atom stereocenters. The summed E-state index contributed by atoms with van der Waals surface area (Å²) in [5.41, 5.74) is 0.666. The molecule has 3 rings (SSSR count). The van der Waals surface area contributed by atoms with Crippen molar-refractivity contribution in [1.82, 2.24) is 15.5 Å². The minimum Gasteiger partial charge on any atom is -0.353 e. The first-order valence-corrected chi connectivity index (χ1v) is 12.8. The standard InChI is InChI=1S/C25H37N3O2S/c1-2-16-28-17-14-21(15-18-28)27-25(30)22-12-8-9-13-23(22)31-19-24(29)26-20-10-6-4-3-5-7-11-20/h2,8-9,12-13,20-21H,1,3-7,10-11,14-19H2,(H,26,29)(H,27,30). The van der Waals surface area contributed by atoms with Crippen LogP contribution in [-0.4, -0.2) is 54.2 Å². The lowest BCUT2D eigenvalue weighted by Crippen LogP contribution is -2.44. The number of amides is 2. The van der Waals surface area contributed by atoms with E-state index in [1.165, 1.54) is 43.9 Å². The second kappa shape index (κ2) is 12.9. The van der Waals surface area contributed by atoms with Crippen LogP contribution in [0.15, 0.2) is 41.8 Å². The zero-order chi connectivity index (χ0) is 21.9. The van der Waals surface area contributed by atoms with Gasteiger partial charge in [0.1, 0.15) is 0 Å². The first-order chi connectivity index (χ1) is 15.2. The van der Waals surface area contributed by atoms with Gasteiger partial charge in [-0.2, -0.15) is 0 Å². The smallest absolute Gasteiger partial charge is 0.252 e. The van der Waals surface area contributed by atoms with E-state index in [1.54, 1.807) is 0 Å². The molecule has 1 aliphatic carbocycles. The molecule has 1 aromatic rings. The molecule has 170 valence electrons. The number of thioether (sulfide) groups is 1. The van der Waals surface area contributed by atoms with Gasteiger partial charge in [0.25, 0.3) is 5.91 Å². The van der Waals surface area contributed by atoms with E-state index in [4.69, 9.17) is 0 Å². The van der Waals surface area contributed by atoms with Crippen molar-refractivity contribution in [2.45, 2.75) is 74.8 Å². The Balaban J connectivity index is 1.48. The van der Waals surface area contributed by atoms with Crippen molar-refractivity contribution in [2.24, 2.45) is 0 Å². The molecule has 1 aromatic carbocycles. The Morgan fingerprint density at radius 1 is 0.968 bits per heavy atom. The predicted molar refractivity (Wildman–Crippen MR) is 129 cm³/mol. The van der Waals surface area contributed by atoms with Crippen molar-refractivity contribution < 1.29 is 9.59 Å². The lowest BCUT2D eigenvalue weighted by molar-refractivity contribution is -0.119. The van der Waals surface area contributed by atoms with Crippen LogP contribution in [0.4, 0.5) is 0 Å². The summed E-state index contributed by atoms with van der Waals surface area (Å²) in [5, 5.41) is 6.41. The fraction of sp³-hybridized carbons (Fsp3) is 0.600. The molecule has 0 spiro atoms. The normalized spacial score (nSPS) is 19.2. The molecule has 0 bridgehead atoms. The third kappa shape index (κ3) is 8.00. The third-order valence-electron chi connectivity index (χ3n) is 6.27. The van der Waals surface area contributed by atoms with Crippen molar-refractivity contribution in [3.63, 3.8) is 0 Å². The van der Waals surface area contributed by atoms with Gasteiger partial charge in [-0.3, -0.25) is 14.5 Å². The van der Waals surface area contributed by atoms with E-state index in [0.29, 0.717) is 17.4 Å². The predicted octanol–water partition coefficient (Wildman–Crippen LogP) is 4.39. The summed E-state index contributed by atoms with van der Waals surface area (Å²) >= 11 is 1.46. The number of nitrogens with one attached hydrogen (secondary N) is 2. The first kappa shape index (κ1) is 23.9. The molecule has 1 heterocycles. The Morgan fingerprint density at radius 3 is 2.32 bits per heavy atom. The molecule has 2 fully saturated rings. The van der Waals surface area contributed by atoms with Crippen molar-refractivity contribution >= 4 is 23.6 Å². The van der Waals surface area contributed by atoms with Crippen LogP contribution >= 0.6 is 11.8 Å². The number of carbonyl (C=O) groups is 2. The molecule has 0 unspecified atom stereocenters. The number of carbonyl (C=O) groups excluding carboxylic acids is 2. The van der Waals surface area contributed by atoms with Gasteiger partial charge in [-0.15, -0.1) is 18.3 Å². The number of benzene rings is 1. The van der Waals surface area contributed by atoms with Gasteiger partial charge in [-0.05, 0) is 37.8 Å². The van der Waals surface area contributed by atoms with E-state index in [2.05, 4.69) is 22.1 Å². The van der Waals surface area contributed by atoms with Crippen LogP contribution in [0.5, 0.6) is 0 Å². The molecule has 2 amide bonds. The third-order valence-corrected chi connectivity index (χ3v) is 7.34. The van der Waals surface area contributed by atoms with Gasteiger partial charge in [0.05, 0.1) is 11.3 Å². The second-order valence-electron chi connectivity index (χ2n) is 8.73. The maximum absolute atomic E-state index is 12.9. The van der Waals surface area contributed by atoms with Gasteiger partial charge in [0.15, 0.2) is 0 Å². The molecular weight excluding hydrogens is 406 g/mol. The van der Waals surface area contributed by atoms with Crippen LogP contribution in [0.1, 0.15) is 68.1 Å². The van der Waals surface area contributed by atoms with E-state index in [9.17, 15) is 9.59 Å². The van der Waals surface area contributed by atoms with Gasteiger partial charge in [0.2, 0.25) is 5.91 Å². The Kier molecular flexibility index (Phi) is 9.94. The topological polar surface area (TPSA) is 61.4 Å². The van der Waals surface area contributed by atoms with Gasteiger partial charge >= 0.3 is 0 Å². The average molecular weight is 444 g/mol. The maximum atomic E-state index is 12.9.